The number of hydrogen-bond donors (Lipinski definition) is 1. The van der Waals surface area contributed by atoms with Crippen molar-refractivity contribution in [3.63, 3.8) is 0 Å². The maximum Gasteiger partial charge on any atom is 0.260 e. The lowest BCUT2D eigenvalue weighted by Crippen LogP contribution is -2.43. The zero-order valence-corrected chi connectivity index (χ0v) is 18.7. The number of aromatic nitrogens is 1. The van der Waals surface area contributed by atoms with Gasteiger partial charge in [0.05, 0.1) is 18.8 Å². The third kappa shape index (κ3) is 5.97. The average Bonchev–Trinajstić information content (AvgIpc) is 3.21. The molecule has 0 spiro atoms. The van der Waals surface area contributed by atoms with Crippen LogP contribution >= 0.6 is 0 Å². The molecule has 4 rings (SSSR count). The maximum absolute atomic E-state index is 12.2. The Morgan fingerprint density at radius 1 is 1.19 bits per heavy atom. The number of pyridine rings is 1. The van der Waals surface area contributed by atoms with E-state index in [1.54, 1.807) is 11.1 Å². The smallest absolute Gasteiger partial charge is 0.260 e. The fourth-order valence-electron chi connectivity index (χ4n) is 4.33. The van der Waals surface area contributed by atoms with E-state index < -0.39 is 5.60 Å². The standard InChI is InChI=1S/C24H32N4O4/c1-26(18-24(30)9-11-28(19-24)22-4-2-3-10-25-22)16-20-5-7-21(8-6-20)32-17-23(29)27-12-14-31-15-13-27/h2-8,10,30H,9,11-19H2,1H3. The van der Waals surface area contributed by atoms with Gasteiger partial charge in [-0.3, -0.25) is 9.69 Å². The first-order valence-corrected chi connectivity index (χ1v) is 11.1. The van der Waals surface area contributed by atoms with Crippen molar-refractivity contribution in [1.29, 1.82) is 0 Å². The van der Waals surface area contributed by atoms with Crippen LogP contribution in [0.3, 0.4) is 0 Å². The molecule has 172 valence electrons. The van der Waals surface area contributed by atoms with Crippen molar-refractivity contribution >= 4 is 11.7 Å². The molecule has 3 heterocycles. The Labute approximate surface area is 189 Å². The van der Waals surface area contributed by atoms with E-state index in [-0.39, 0.29) is 12.5 Å². The highest BCUT2D eigenvalue weighted by Crippen LogP contribution is 2.26. The van der Waals surface area contributed by atoms with Gasteiger partial charge in [-0.05, 0) is 43.3 Å². The highest BCUT2D eigenvalue weighted by atomic mass is 16.5. The molecule has 1 aromatic carbocycles. The normalized spacial score (nSPS) is 21.2. The molecule has 2 fully saturated rings. The first kappa shape index (κ1) is 22.5. The number of carbonyl (C=O) groups excluding carboxylic acids is 1. The third-order valence-electron chi connectivity index (χ3n) is 5.97. The van der Waals surface area contributed by atoms with Crippen LogP contribution in [-0.4, -0.2) is 91.0 Å². The molecule has 0 aliphatic carbocycles. The number of ether oxygens (including phenoxy) is 2. The topological polar surface area (TPSA) is 78.4 Å². The molecule has 1 N–H and O–H groups in total. The molecular weight excluding hydrogens is 408 g/mol. The Morgan fingerprint density at radius 2 is 1.97 bits per heavy atom. The second-order valence-corrected chi connectivity index (χ2v) is 8.68. The van der Waals surface area contributed by atoms with E-state index in [0.717, 1.165) is 30.9 Å². The van der Waals surface area contributed by atoms with Crippen molar-refractivity contribution in [1.82, 2.24) is 14.8 Å². The zero-order chi connectivity index (χ0) is 22.4. The van der Waals surface area contributed by atoms with E-state index in [9.17, 15) is 9.90 Å². The second-order valence-electron chi connectivity index (χ2n) is 8.68. The van der Waals surface area contributed by atoms with Gasteiger partial charge in [-0.15, -0.1) is 0 Å². The van der Waals surface area contributed by atoms with Gasteiger partial charge in [0.25, 0.3) is 5.91 Å². The van der Waals surface area contributed by atoms with Gasteiger partial charge in [-0.25, -0.2) is 4.98 Å². The lowest BCUT2D eigenvalue weighted by molar-refractivity contribution is -0.137. The Bertz CT molecular complexity index is 873. The molecule has 0 saturated carbocycles. The summed E-state index contributed by atoms with van der Waals surface area (Å²) in [6.45, 7) is 5.16. The Kier molecular flexibility index (Phi) is 7.24. The summed E-state index contributed by atoms with van der Waals surface area (Å²) >= 11 is 0. The minimum atomic E-state index is -0.755. The number of morpholine rings is 1. The van der Waals surface area contributed by atoms with Gasteiger partial charge in [-0.1, -0.05) is 18.2 Å². The van der Waals surface area contributed by atoms with Gasteiger partial charge in [0, 0.05) is 45.5 Å². The molecule has 0 radical (unpaired) electrons. The van der Waals surface area contributed by atoms with Crippen LogP contribution in [0, 0.1) is 0 Å². The van der Waals surface area contributed by atoms with Crippen LogP contribution in [0.25, 0.3) is 0 Å². The number of anilines is 1. The number of hydrogen-bond acceptors (Lipinski definition) is 7. The molecule has 32 heavy (non-hydrogen) atoms. The van der Waals surface area contributed by atoms with E-state index in [1.165, 1.54) is 0 Å². The van der Waals surface area contributed by atoms with Crippen molar-refractivity contribution in [2.24, 2.45) is 0 Å². The molecule has 2 aliphatic heterocycles. The largest absolute Gasteiger partial charge is 0.484 e. The van der Waals surface area contributed by atoms with Gasteiger partial charge in [0.15, 0.2) is 6.61 Å². The summed E-state index contributed by atoms with van der Waals surface area (Å²) in [6, 6.07) is 13.6. The average molecular weight is 441 g/mol. The Hall–Kier alpha value is -2.68. The lowest BCUT2D eigenvalue weighted by atomic mass is 10.0. The predicted molar refractivity (Wildman–Crippen MR) is 122 cm³/mol. The number of benzene rings is 1. The minimum Gasteiger partial charge on any atom is -0.484 e. The summed E-state index contributed by atoms with van der Waals surface area (Å²) in [5, 5.41) is 11.1. The molecule has 2 aromatic rings. The number of rotatable bonds is 8. The zero-order valence-electron chi connectivity index (χ0n) is 18.7. The molecule has 8 nitrogen and oxygen atoms in total. The molecule has 1 atom stereocenters. The van der Waals surface area contributed by atoms with Crippen LogP contribution in [0.5, 0.6) is 5.75 Å². The van der Waals surface area contributed by atoms with Gasteiger partial charge < -0.3 is 24.4 Å². The fraction of sp³-hybridized carbons (Fsp3) is 0.500. The van der Waals surface area contributed by atoms with Crippen molar-refractivity contribution in [3.05, 3.63) is 54.2 Å². The molecule has 2 saturated heterocycles. The number of β-amino-alcohol motifs (C(OH)–C–C–N with tert-alkyl or cyclic N) is 1. The first-order chi connectivity index (χ1) is 15.5. The third-order valence-corrected chi connectivity index (χ3v) is 5.97. The molecule has 1 aromatic heterocycles. The summed E-state index contributed by atoms with van der Waals surface area (Å²) in [5.41, 5.74) is 0.373. The maximum atomic E-state index is 12.2. The Morgan fingerprint density at radius 3 is 2.69 bits per heavy atom. The highest BCUT2D eigenvalue weighted by Gasteiger charge is 2.37. The monoisotopic (exact) mass is 440 g/mol. The number of aliphatic hydroxyl groups is 1. The molecule has 8 heteroatoms. The van der Waals surface area contributed by atoms with E-state index in [4.69, 9.17) is 9.47 Å². The van der Waals surface area contributed by atoms with Crippen LogP contribution in [-0.2, 0) is 16.1 Å². The van der Waals surface area contributed by atoms with Crippen LogP contribution in [0.2, 0.25) is 0 Å². The van der Waals surface area contributed by atoms with E-state index >= 15 is 0 Å². The van der Waals surface area contributed by atoms with Gasteiger partial charge >= 0.3 is 0 Å². The van der Waals surface area contributed by atoms with E-state index in [1.807, 2.05) is 49.5 Å². The molecule has 1 unspecified atom stereocenters. The van der Waals surface area contributed by atoms with Gasteiger partial charge in [0.1, 0.15) is 11.6 Å². The summed E-state index contributed by atoms with van der Waals surface area (Å²) in [5.74, 6) is 1.58. The first-order valence-electron chi connectivity index (χ1n) is 11.1. The molecule has 2 aliphatic rings. The predicted octanol–water partition coefficient (Wildman–Crippen LogP) is 1.39. The fourth-order valence-corrected chi connectivity index (χ4v) is 4.33. The lowest BCUT2D eigenvalue weighted by Gasteiger charge is -2.29. The molecule has 0 bridgehead atoms. The van der Waals surface area contributed by atoms with Crippen LogP contribution < -0.4 is 9.64 Å². The summed E-state index contributed by atoms with van der Waals surface area (Å²) in [4.78, 5) is 22.6. The van der Waals surface area contributed by atoms with Crippen molar-refractivity contribution in [3.8, 4) is 5.75 Å². The molecular formula is C24H32N4O4. The van der Waals surface area contributed by atoms with E-state index in [2.05, 4.69) is 14.8 Å². The van der Waals surface area contributed by atoms with Crippen LogP contribution in [0.15, 0.2) is 48.7 Å². The van der Waals surface area contributed by atoms with Crippen LogP contribution in [0.1, 0.15) is 12.0 Å². The summed E-state index contributed by atoms with van der Waals surface area (Å²) < 4.78 is 10.9. The van der Waals surface area contributed by atoms with Gasteiger partial charge in [0.2, 0.25) is 0 Å². The number of nitrogens with zero attached hydrogens (tertiary/aromatic N) is 4. The van der Waals surface area contributed by atoms with E-state index in [0.29, 0.717) is 45.1 Å². The second kappa shape index (κ2) is 10.3. The number of likely N-dealkylation sites (N-methyl/N-ethyl adjacent to an activating group) is 1. The molecule has 1 amide bonds. The van der Waals surface area contributed by atoms with Crippen molar-refractivity contribution < 1.29 is 19.4 Å². The summed E-state index contributed by atoms with van der Waals surface area (Å²) in [6.07, 6.45) is 2.50. The minimum absolute atomic E-state index is 0.0123. The summed E-state index contributed by atoms with van der Waals surface area (Å²) in [7, 11) is 2.02. The quantitative estimate of drug-likeness (QED) is 0.665. The SMILES string of the molecule is CN(Cc1ccc(OCC(=O)N2CCOCC2)cc1)CC1(O)CCN(c2ccccn2)C1. The Balaban J connectivity index is 1.23. The van der Waals surface area contributed by atoms with Gasteiger partial charge in [-0.2, -0.15) is 0 Å². The number of carbonyl (C=O) groups is 1. The highest BCUT2D eigenvalue weighted by molar-refractivity contribution is 5.77. The van der Waals surface area contributed by atoms with Crippen molar-refractivity contribution in [2.45, 2.75) is 18.6 Å². The van der Waals surface area contributed by atoms with Crippen LogP contribution in [0.4, 0.5) is 5.82 Å². The number of amides is 1. The van der Waals surface area contributed by atoms with Crippen molar-refractivity contribution in [2.75, 3.05) is 64.5 Å².